The molecule has 0 saturated heterocycles. The van der Waals surface area contributed by atoms with Crippen molar-refractivity contribution in [2.75, 3.05) is 13.6 Å². The second kappa shape index (κ2) is 5.65. The number of nitrogens with zero attached hydrogens (tertiary/aromatic N) is 1. The highest BCUT2D eigenvalue weighted by molar-refractivity contribution is 5.32. The quantitative estimate of drug-likeness (QED) is 0.858. The molecule has 1 heterocycles. The summed E-state index contributed by atoms with van der Waals surface area (Å²) in [6.45, 7) is 6.68. The zero-order valence-corrected chi connectivity index (χ0v) is 11.2. The summed E-state index contributed by atoms with van der Waals surface area (Å²) in [6.07, 6.45) is 2.53. The Labute approximate surface area is 105 Å². The van der Waals surface area contributed by atoms with Crippen LogP contribution in [0.1, 0.15) is 43.9 Å². The third kappa shape index (κ3) is 2.70. The third-order valence-electron chi connectivity index (χ3n) is 3.96. The molecule has 0 aliphatic carbocycles. The van der Waals surface area contributed by atoms with Crippen LogP contribution in [0.2, 0.25) is 0 Å². The van der Waals surface area contributed by atoms with E-state index in [2.05, 4.69) is 55.4 Å². The van der Waals surface area contributed by atoms with Crippen molar-refractivity contribution < 1.29 is 0 Å². The number of fused-ring (bicyclic) bond motifs is 1. The van der Waals surface area contributed by atoms with Gasteiger partial charge in [-0.05, 0) is 31.5 Å². The van der Waals surface area contributed by atoms with Gasteiger partial charge in [0.1, 0.15) is 0 Å². The summed E-state index contributed by atoms with van der Waals surface area (Å²) in [5.74, 6) is 0. The molecule has 0 radical (unpaired) electrons. The molecule has 2 unspecified atom stereocenters. The van der Waals surface area contributed by atoms with E-state index in [1.165, 1.54) is 24.0 Å². The van der Waals surface area contributed by atoms with E-state index < -0.39 is 0 Å². The lowest BCUT2D eigenvalue weighted by Crippen LogP contribution is -2.41. The first kappa shape index (κ1) is 12.6. The van der Waals surface area contributed by atoms with Crippen molar-refractivity contribution in [3.8, 4) is 0 Å². The molecule has 1 aromatic carbocycles. The van der Waals surface area contributed by atoms with E-state index >= 15 is 0 Å². The highest BCUT2D eigenvalue weighted by Crippen LogP contribution is 2.28. The predicted octanol–water partition coefficient (Wildman–Crippen LogP) is 2.95. The lowest BCUT2D eigenvalue weighted by molar-refractivity contribution is 0.165. The molecule has 2 nitrogen and oxygen atoms in total. The Balaban J connectivity index is 2.17. The number of benzene rings is 1. The molecule has 2 heteroatoms. The van der Waals surface area contributed by atoms with Gasteiger partial charge >= 0.3 is 0 Å². The first-order valence-electron chi connectivity index (χ1n) is 6.74. The summed E-state index contributed by atoms with van der Waals surface area (Å²) in [4.78, 5) is 2.52. The minimum absolute atomic E-state index is 0.529. The second-order valence-corrected chi connectivity index (χ2v) is 5.15. The summed E-state index contributed by atoms with van der Waals surface area (Å²) in [5, 5.41) is 3.53. The van der Waals surface area contributed by atoms with Crippen LogP contribution in [0.4, 0.5) is 0 Å². The third-order valence-corrected chi connectivity index (χ3v) is 3.96. The molecule has 1 aliphatic heterocycles. The van der Waals surface area contributed by atoms with Gasteiger partial charge in [-0.1, -0.05) is 37.6 Å². The van der Waals surface area contributed by atoms with Crippen molar-refractivity contribution in [2.45, 2.75) is 45.3 Å². The van der Waals surface area contributed by atoms with Crippen LogP contribution >= 0.6 is 0 Å². The fraction of sp³-hybridized carbons (Fsp3) is 0.600. The first-order chi connectivity index (χ1) is 8.24. The SMILES string of the molecule is CCCC(C)N(C)C1CNCc2ccccc21. The summed E-state index contributed by atoms with van der Waals surface area (Å²) >= 11 is 0. The van der Waals surface area contributed by atoms with Crippen molar-refractivity contribution in [3.05, 3.63) is 35.4 Å². The van der Waals surface area contributed by atoms with Gasteiger partial charge in [0.05, 0.1) is 0 Å². The zero-order chi connectivity index (χ0) is 12.3. The minimum Gasteiger partial charge on any atom is -0.311 e. The molecular weight excluding hydrogens is 208 g/mol. The molecule has 0 bridgehead atoms. The van der Waals surface area contributed by atoms with Gasteiger partial charge in [0.2, 0.25) is 0 Å². The lowest BCUT2D eigenvalue weighted by Gasteiger charge is -2.37. The number of hydrogen-bond acceptors (Lipinski definition) is 2. The van der Waals surface area contributed by atoms with Crippen LogP contribution in [0.25, 0.3) is 0 Å². The Morgan fingerprint density at radius 2 is 2.18 bits per heavy atom. The average molecular weight is 232 g/mol. The van der Waals surface area contributed by atoms with Gasteiger partial charge in [0.25, 0.3) is 0 Å². The van der Waals surface area contributed by atoms with E-state index in [1.807, 2.05) is 0 Å². The van der Waals surface area contributed by atoms with E-state index in [0.29, 0.717) is 12.1 Å². The molecule has 0 amide bonds. The summed E-state index contributed by atoms with van der Waals surface area (Å²) in [6, 6.07) is 10.0. The standard InChI is InChI=1S/C15H24N2/c1-4-7-12(2)17(3)15-11-16-10-13-8-5-6-9-14(13)15/h5-6,8-9,12,15-16H,4,7,10-11H2,1-3H3. The molecule has 17 heavy (non-hydrogen) atoms. The fourth-order valence-electron chi connectivity index (χ4n) is 2.77. The van der Waals surface area contributed by atoms with Gasteiger partial charge in [0.15, 0.2) is 0 Å². The van der Waals surface area contributed by atoms with Crippen LogP contribution < -0.4 is 5.32 Å². The topological polar surface area (TPSA) is 15.3 Å². The summed E-state index contributed by atoms with van der Waals surface area (Å²) in [5.41, 5.74) is 2.97. The Bertz CT molecular complexity index is 362. The van der Waals surface area contributed by atoms with Gasteiger partial charge in [0, 0.05) is 25.2 Å². The molecule has 94 valence electrons. The minimum atomic E-state index is 0.529. The maximum Gasteiger partial charge on any atom is 0.0475 e. The number of hydrogen-bond donors (Lipinski definition) is 1. The summed E-state index contributed by atoms with van der Waals surface area (Å²) < 4.78 is 0. The Kier molecular flexibility index (Phi) is 4.19. The highest BCUT2D eigenvalue weighted by atomic mass is 15.2. The van der Waals surface area contributed by atoms with Crippen LogP contribution in [0.5, 0.6) is 0 Å². The average Bonchev–Trinajstić information content (AvgIpc) is 2.37. The second-order valence-electron chi connectivity index (χ2n) is 5.15. The maximum atomic E-state index is 3.53. The fourth-order valence-corrected chi connectivity index (χ4v) is 2.77. The Morgan fingerprint density at radius 1 is 1.41 bits per heavy atom. The zero-order valence-electron chi connectivity index (χ0n) is 11.2. The molecule has 0 saturated carbocycles. The lowest BCUT2D eigenvalue weighted by atomic mass is 9.94. The van der Waals surface area contributed by atoms with Crippen LogP contribution in [0.3, 0.4) is 0 Å². The smallest absolute Gasteiger partial charge is 0.0475 e. The monoisotopic (exact) mass is 232 g/mol. The molecule has 1 aromatic rings. The number of likely N-dealkylation sites (N-methyl/N-ethyl adjacent to an activating group) is 1. The normalized spacial score (nSPS) is 21.3. The van der Waals surface area contributed by atoms with E-state index in [1.54, 1.807) is 0 Å². The van der Waals surface area contributed by atoms with Crippen molar-refractivity contribution in [1.29, 1.82) is 0 Å². The first-order valence-corrected chi connectivity index (χ1v) is 6.74. The van der Waals surface area contributed by atoms with Gasteiger partial charge < -0.3 is 5.32 Å². The predicted molar refractivity (Wildman–Crippen MR) is 73.0 cm³/mol. The summed E-state index contributed by atoms with van der Waals surface area (Å²) in [7, 11) is 2.26. The maximum absolute atomic E-state index is 3.53. The molecule has 0 aromatic heterocycles. The van der Waals surface area contributed by atoms with Gasteiger partial charge in [-0.25, -0.2) is 0 Å². The van der Waals surface area contributed by atoms with Crippen LogP contribution in [0.15, 0.2) is 24.3 Å². The van der Waals surface area contributed by atoms with Gasteiger partial charge in [-0.15, -0.1) is 0 Å². The van der Waals surface area contributed by atoms with Gasteiger partial charge in [-0.2, -0.15) is 0 Å². The molecule has 2 atom stereocenters. The molecule has 0 fully saturated rings. The van der Waals surface area contributed by atoms with Crippen LogP contribution in [0, 0.1) is 0 Å². The van der Waals surface area contributed by atoms with Crippen LogP contribution in [-0.2, 0) is 6.54 Å². The highest BCUT2D eigenvalue weighted by Gasteiger charge is 2.25. The van der Waals surface area contributed by atoms with Crippen molar-refractivity contribution in [1.82, 2.24) is 10.2 Å². The Morgan fingerprint density at radius 3 is 2.94 bits per heavy atom. The van der Waals surface area contributed by atoms with Gasteiger partial charge in [-0.3, -0.25) is 4.90 Å². The van der Waals surface area contributed by atoms with Crippen molar-refractivity contribution >= 4 is 0 Å². The van der Waals surface area contributed by atoms with E-state index in [4.69, 9.17) is 0 Å². The van der Waals surface area contributed by atoms with E-state index in [0.717, 1.165) is 13.1 Å². The molecule has 1 N–H and O–H groups in total. The molecule has 0 spiro atoms. The molecule has 2 rings (SSSR count). The Hall–Kier alpha value is -0.860. The van der Waals surface area contributed by atoms with E-state index in [-0.39, 0.29) is 0 Å². The van der Waals surface area contributed by atoms with Crippen molar-refractivity contribution in [3.63, 3.8) is 0 Å². The van der Waals surface area contributed by atoms with E-state index in [9.17, 15) is 0 Å². The number of nitrogens with one attached hydrogen (secondary N) is 1. The number of rotatable bonds is 4. The molecule has 1 aliphatic rings. The van der Waals surface area contributed by atoms with Crippen LogP contribution in [-0.4, -0.2) is 24.5 Å². The largest absolute Gasteiger partial charge is 0.311 e. The molecular formula is C15H24N2. The van der Waals surface area contributed by atoms with Crippen molar-refractivity contribution in [2.24, 2.45) is 0 Å².